The third-order valence-corrected chi connectivity index (χ3v) is 6.57. The zero-order valence-corrected chi connectivity index (χ0v) is 20.5. The first-order chi connectivity index (χ1) is 17.3. The Balaban J connectivity index is 1.61. The van der Waals surface area contributed by atoms with Crippen LogP contribution in [0.1, 0.15) is 31.4 Å². The van der Waals surface area contributed by atoms with E-state index in [4.69, 9.17) is 9.47 Å². The van der Waals surface area contributed by atoms with Gasteiger partial charge < -0.3 is 14.8 Å². The van der Waals surface area contributed by atoms with Gasteiger partial charge in [0, 0.05) is 48.9 Å². The molecule has 0 aliphatic carbocycles. The lowest BCUT2D eigenvalue weighted by molar-refractivity contribution is -0.384. The van der Waals surface area contributed by atoms with E-state index < -0.39 is 22.8 Å². The number of nitro benzene ring substituents is 1. The normalized spacial score (nSPS) is 20.2. The van der Waals surface area contributed by atoms with Crippen molar-refractivity contribution in [2.45, 2.75) is 32.9 Å². The first-order valence-electron chi connectivity index (χ1n) is 11.8. The Hall–Kier alpha value is -3.98. The number of methoxy groups -OCH3 is 1. The van der Waals surface area contributed by atoms with Gasteiger partial charge in [-0.05, 0) is 18.9 Å². The van der Waals surface area contributed by atoms with Crippen molar-refractivity contribution in [1.82, 2.24) is 10.2 Å². The van der Waals surface area contributed by atoms with Gasteiger partial charge in [-0.1, -0.05) is 49.4 Å². The van der Waals surface area contributed by atoms with Crippen LogP contribution in [0.3, 0.4) is 0 Å². The minimum absolute atomic E-state index is 0.102. The summed E-state index contributed by atoms with van der Waals surface area (Å²) in [5.74, 6) is -1.75. The highest BCUT2D eigenvalue weighted by atomic mass is 16.6. The molecular formula is C27H29N3O6. The van der Waals surface area contributed by atoms with Crippen LogP contribution < -0.4 is 5.32 Å². The van der Waals surface area contributed by atoms with Crippen LogP contribution in [0.25, 0.3) is 5.70 Å². The number of allylic oxidation sites excluding steroid dienone is 1. The maximum atomic E-state index is 13.5. The van der Waals surface area contributed by atoms with Crippen LogP contribution in [0.2, 0.25) is 0 Å². The van der Waals surface area contributed by atoms with Crippen LogP contribution in [0.15, 0.2) is 71.4 Å². The third kappa shape index (κ3) is 5.31. The van der Waals surface area contributed by atoms with Crippen molar-refractivity contribution >= 4 is 23.3 Å². The van der Waals surface area contributed by atoms with E-state index in [0.29, 0.717) is 35.5 Å². The van der Waals surface area contributed by atoms with E-state index in [0.717, 1.165) is 13.1 Å². The summed E-state index contributed by atoms with van der Waals surface area (Å²) in [5, 5.41) is 14.5. The summed E-state index contributed by atoms with van der Waals surface area (Å²) < 4.78 is 10.9. The number of rotatable bonds is 7. The van der Waals surface area contributed by atoms with Crippen molar-refractivity contribution in [1.29, 1.82) is 0 Å². The van der Waals surface area contributed by atoms with Crippen LogP contribution >= 0.6 is 0 Å². The number of hydrogen-bond acceptors (Lipinski definition) is 8. The number of nitro groups is 1. The zero-order valence-electron chi connectivity index (χ0n) is 20.5. The second-order valence-corrected chi connectivity index (χ2v) is 9.01. The van der Waals surface area contributed by atoms with E-state index in [1.165, 1.54) is 24.8 Å². The molecule has 2 heterocycles. The minimum atomic E-state index is -0.637. The standard InChI is InChI=1S/C27H29N3O6/c1-17-23(26(31)35-3)18(2)28-25(20-10-7-11-21(14-20)30(33)34)24(17)27(32)36-22-12-13-29(16-22)15-19-8-5-4-6-9-19/h4-11,14,17,22,28H,12-13,15-16H2,1-3H3/t17?,22-/m0/s1. The van der Waals surface area contributed by atoms with Crippen molar-refractivity contribution in [3.05, 3.63) is 92.7 Å². The van der Waals surface area contributed by atoms with E-state index >= 15 is 0 Å². The van der Waals surface area contributed by atoms with E-state index in [-0.39, 0.29) is 17.4 Å². The summed E-state index contributed by atoms with van der Waals surface area (Å²) in [5.41, 5.74) is 3.01. The lowest BCUT2D eigenvalue weighted by atomic mass is 9.85. The molecule has 1 fully saturated rings. The van der Waals surface area contributed by atoms with Gasteiger partial charge in [0.15, 0.2) is 0 Å². The maximum Gasteiger partial charge on any atom is 0.337 e. The topological polar surface area (TPSA) is 111 Å². The van der Waals surface area contributed by atoms with E-state index in [1.54, 1.807) is 26.0 Å². The predicted molar refractivity (Wildman–Crippen MR) is 133 cm³/mol. The molecule has 1 N–H and O–H groups in total. The summed E-state index contributed by atoms with van der Waals surface area (Å²) >= 11 is 0. The Morgan fingerprint density at radius 2 is 1.86 bits per heavy atom. The molecule has 1 saturated heterocycles. The molecule has 2 aliphatic rings. The summed E-state index contributed by atoms with van der Waals surface area (Å²) in [4.78, 5) is 39.2. The van der Waals surface area contributed by atoms with Crippen LogP contribution in [-0.2, 0) is 25.6 Å². The van der Waals surface area contributed by atoms with Gasteiger partial charge in [0.2, 0.25) is 0 Å². The van der Waals surface area contributed by atoms with Gasteiger partial charge in [0.05, 0.1) is 28.9 Å². The molecule has 9 nitrogen and oxygen atoms in total. The lowest BCUT2D eigenvalue weighted by Gasteiger charge is -2.29. The van der Waals surface area contributed by atoms with Crippen molar-refractivity contribution in [3.63, 3.8) is 0 Å². The van der Waals surface area contributed by atoms with Gasteiger partial charge in [-0.25, -0.2) is 9.59 Å². The minimum Gasteiger partial charge on any atom is -0.466 e. The molecule has 36 heavy (non-hydrogen) atoms. The molecule has 0 bridgehead atoms. The second-order valence-electron chi connectivity index (χ2n) is 9.01. The molecule has 0 spiro atoms. The number of nitrogens with one attached hydrogen (secondary N) is 1. The van der Waals surface area contributed by atoms with Gasteiger partial charge in [0.25, 0.3) is 5.69 Å². The summed E-state index contributed by atoms with van der Waals surface area (Å²) in [6.45, 7) is 5.61. The van der Waals surface area contributed by atoms with Crippen LogP contribution in [-0.4, -0.2) is 48.1 Å². The monoisotopic (exact) mass is 491 g/mol. The van der Waals surface area contributed by atoms with Gasteiger partial charge in [0.1, 0.15) is 6.10 Å². The predicted octanol–water partition coefficient (Wildman–Crippen LogP) is 3.81. The van der Waals surface area contributed by atoms with Crippen molar-refractivity contribution in [3.8, 4) is 0 Å². The fourth-order valence-electron chi connectivity index (χ4n) is 4.82. The molecule has 4 rings (SSSR count). The smallest absolute Gasteiger partial charge is 0.337 e. The molecule has 0 radical (unpaired) electrons. The molecule has 9 heteroatoms. The van der Waals surface area contributed by atoms with Crippen molar-refractivity contribution < 1.29 is 24.0 Å². The first kappa shape index (κ1) is 25.1. The van der Waals surface area contributed by atoms with Crippen LogP contribution in [0.4, 0.5) is 5.69 Å². The Morgan fingerprint density at radius 1 is 1.11 bits per heavy atom. The molecule has 1 unspecified atom stereocenters. The molecule has 2 aromatic rings. The molecular weight excluding hydrogens is 462 g/mol. The average molecular weight is 492 g/mol. The molecule has 2 aliphatic heterocycles. The first-order valence-corrected chi connectivity index (χ1v) is 11.8. The highest BCUT2D eigenvalue weighted by Crippen LogP contribution is 2.36. The third-order valence-electron chi connectivity index (χ3n) is 6.57. The van der Waals surface area contributed by atoms with Crippen LogP contribution in [0, 0.1) is 16.0 Å². The summed E-state index contributed by atoms with van der Waals surface area (Å²) in [6, 6.07) is 16.1. The maximum absolute atomic E-state index is 13.5. The number of likely N-dealkylation sites (tertiary alicyclic amines) is 1. The Labute approximate surface area is 209 Å². The Kier molecular flexibility index (Phi) is 7.49. The second kappa shape index (κ2) is 10.7. The van der Waals surface area contributed by atoms with Gasteiger partial charge in [-0.3, -0.25) is 15.0 Å². The number of dihydropyridines is 1. The number of ether oxygens (including phenoxy) is 2. The Bertz CT molecular complexity index is 1240. The fourth-order valence-corrected chi connectivity index (χ4v) is 4.82. The number of benzene rings is 2. The lowest BCUT2D eigenvalue weighted by Crippen LogP contribution is -2.34. The number of nitrogens with zero attached hydrogens (tertiary/aromatic N) is 2. The highest BCUT2D eigenvalue weighted by molar-refractivity contribution is 6.03. The summed E-state index contributed by atoms with van der Waals surface area (Å²) in [7, 11) is 1.28. The van der Waals surface area contributed by atoms with Crippen molar-refractivity contribution in [2.75, 3.05) is 20.2 Å². The van der Waals surface area contributed by atoms with E-state index in [9.17, 15) is 19.7 Å². The van der Waals surface area contributed by atoms with Gasteiger partial charge in [-0.15, -0.1) is 0 Å². The molecule has 0 aromatic heterocycles. The van der Waals surface area contributed by atoms with Crippen molar-refractivity contribution in [2.24, 2.45) is 5.92 Å². The average Bonchev–Trinajstić information content (AvgIpc) is 3.30. The van der Waals surface area contributed by atoms with Gasteiger partial charge >= 0.3 is 11.9 Å². The van der Waals surface area contributed by atoms with E-state index in [1.807, 2.05) is 18.2 Å². The number of hydrogen-bond donors (Lipinski definition) is 1. The number of non-ortho nitro benzene ring substituents is 1. The SMILES string of the molecule is COC(=O)C1=C(C)NC(c2cccc([N+](=O)[O-])c2)=C(C(=O)O[C@H]2CCN(Cc3ccccc3)C2)C1C. The number of carbonyl (C=O) groups is 2. The molecule has 2 atom stereocenters. The van der Waals surface area contributed by atoms with E-state index in [2.05, 4.69) is 22.3 Å². The number of esters is 2. The molecule has 0 saturated carbocycles. The van der Waals surface area contributed by atoms with Gasteiger partial charge in [-0.2, -0.15) is 0 Å². The zero-order chi connectivity index (χ0) is 25.8. The Morgan fingerprint density at radius 3 is 2.56 bits per heavy atom. The van der Waals surface area contributed by atoms with Crippen LogP contribution in [0.5, 0.6) is 0 Å². The molecule has 0 amide bonds. The largest absolute Gasteiger partial charge is 0.466 e. The fraction of sp³-hybridized carbons (Fsp3) is 0.333. The molecule has 188 valence electrons. The highest BCUT2D eigenvalue weighted by Gasteiger charge is 2.37. The summed E-state index contributed by atoms with van der Waals surface area (Å²) in [6.07, 6.45) is 0.388. The number of carbonyl (C=O) groups excluding carboxylic acids is 2. The molecule has 2 aromatic carbocycles. The quantitative estimate of drug-likeness (QED) is 0.354.